The van der Waals surface area contributed by atoms with E-state index in [0.29, 0.717) is 0 Å². The van der Waals surface area contributed by atoms with Crippen molar-refractivity contribution in [1.29, 1.82) is 0 Å². The van der Waals surface area contributed by atoms with Crippen LogP contribution in [0.25, 0.3) is 0 Å². The monoisotopic (exact) mass is 189 g/mol. The molecule has 1 aliphatic heterocycles. The number of carbonyl (C=O) groups is 1. The van der Waals surface area contributed by atoms with Crippen LogP contribution in [-0.2, 0) is 17.9 Å². The van der Waals surface area contributed by atoms with Crippen LogP contribution in [0.4, 0.5) is 0 Å². The Kier molecular flexibility index (Phi) is 2.38. The number of rotatable bonds is 2. The quantitative estimate of drug-likeness (QED) is 0.709. The zero-order valence-corrected chi connectivity index (χ0v) is 8.66. The Hall–Kier alpha value is -1.15. The Morgan fingerprint density at radius 2 is 1.79 bits per heavy atom. The van der Waals surface area contributed by atoms with Crippen molar-refractivity contribution in [3.05, 3.63) is 35.4 Å². The van der Waals surface area contributed by atoms with Crippen molar-refractivity contribution < 1.29 is 4.79 Å². The summed E-state index contributed by atoms with van der Waals surface area (Å²) in [5.41, 5.74) is 2.72. The molecule has 0 amide bonds. The van der Waals surface area contributed by atoms with Crippen molar-refractivity contribution in [3.63, 3.8) is 0 Å². The van der Waals surface area contributed by atoms with Crippen molar-refractivity contribution in [2.45, 2.75) is 33.0 Å². The number of carbonyl (C=O) groups excluding carboxylic acids is 1. The molecule has 2 nitrogen and oxygen atoms in total. The van der Waals surface area contributed by atoms with Crippen LogP contribution in [0.1, 0.15) is 25.0 Å². The second-order valence-electron chi connectivity index (χ2n) is 3.96. The van der Waals surface area contributed by atoms with Crippen LogP contribution < -0.4 is 0 Å². The van der Waals surface area contributed by atoms with Crippen molar-refractivity contribution in [1.82, 2.24) is 4.90 Å². The highest BCUT2D eigenvalue weighted by molar-refractivity contribution is 5.81. The summed E-state index contributed by atoms with van der Waals surface area (Å²) in [5.74, 6) is 0.248. The van der Waals surface area contributed by atoms with Crippen molar-refractivity contribution in [2.24, 2.45) is 0 Å². The highest BCUT2D eigenvalue weighted by Gasteiger charge is 2.24. The van der Waals surface area contributed by atoms with Gasteiger partial charge in [0.15, 0.2) is 0 Å². The molecule has 74 valence electrons. The molecule has 0 saturated heterocycles. The maximum Gasteiger partial charge on any atom is 0.146 e. The van der Waals surface area contributed by atoms with E-state index in [1.807, 2.05) is 6.92 Å². The van der Waals surface area contributed by atoms with E-state index in [2.05, 4.69) is 29.2 Å². The van der Waals surface area contributed by atoms with Gasteiger partial charge >= 0.3 is 0 Å². The van der Waals surface area contributed by atoms with Crippen LogP contribution in [0.5, 0.6) is 0 Å². The maximum absolute atomic E-state index is 11.2. The Labute approximate surface area is 84.5 Å². The van der Waals surface area contributed by atoms with E-state index in [1.54, 1.807) is 6.92 Å². The lowest BCUT2D eigenvalue weighted by Gasteiger charge is -2.20. The molecule has 0 aromatic heterocycles. The average Bonchev–Trinajstić information content (AvgIpc) is 2.59. The molecule has 14 heavy (non-hydrogen) atoms. The standard InChI is InChI=1S/C12H15NO/c1-9(10(2)14)13-7-11-5-3-4-6-12(11)8-13/h3-6,9H,7-8H2,1-2H3. The lowest BCUT2D eigenvalue weighted by atomic mass is 10.1. The predicted octanol–water partition coefficient (Wildman–Crippen LogP) is 1.98. The molecule has 1 aromatic carbocycles. The van der Waals surface area contributed by atoms with Gasteiger partial charge in [-0.05, 0) is 25.0 Å². The van der Waals surface area contributed by atoms with Gasteiger partial charge in [-0.25, -0.2) is 0 Å². The van der Waals surface area contributed by atoms with Crippen LogP contribution in [0.2, 0.25) is 0 Å². The number of fused-ring (bicyclic) bond motifs is 1. The van der Waals surface area contributed by atoms with E-state index in [9.17, 15) is 4.79 Å². The average molecular weight is 189 g/mol. The minimum Gasteiger partial charge on any atom is -0.298 e. The van der Waals surface area contributed by atoms with E-state index in [0.717, 1.165) is 13.1 Å². The molecule has 0 aliphatic carbocycles. The van der Waals surface area contributed by atoms with Gasteiger partial charge in [0.05, 0.1) is 6.04 Å². The summed E-state index contributed by atoms with van der Waals surface area (Å²) in [5, 5.41) is 0. The lowest BCUT2D eigenvalue weighted by molar-refractivity contribution is -0.121. The number of Topliss-reactive ketones (excluding diaryl/α,β-unsaturated/α-hetero) is 1. The van der Waals surface area contributed by atoms with Gasteiger partial charge in [0.2, 0.25) is 0 Å². The molecule has 0 bridgehead atoms. The largest absolute Gasteiger partial charge is 0.298 e. The molecule has 1 atom stereocenters. The van der Waals surface area contributed by atoms with E-state index in [-0.39, 0.29) is 11.8 Å². The fraction of sp³-hybridized carbons (Fsp3) is 0.417. The van der Waals surface area contributed by atoms with E-state index in [4.69, 9.17) is 0 Å². The predicted molar refractivity (Wildman–Crippen MR) is 55.8 cm³/mol. The third kappa shape index (κ3) is 1.58. The van der Waals surface area contributed by atoms with E-state index in [1.165, 1.54) is 11.1 Å². The SMILES string of the molecule is CC(=O)C(C)N1Cc2ccccc2C1. The number of ketones is 1. The number of benzene rings is 1. The van der Waals surface area contributed by atoms with Crippen LogP contribution in [0.15, 0.2) is 24.3 Å². The van der Waals surface area contributed by atoms with Crippen LogP contribution in [0, 0.1) is 0 Å². The molecule has 1 heterocycles. The molecule has 0 radical (unpaired) electrons. The Bertz CT molecular complexity index is 334. The summed E-state index contributed by atoms with van der Waals surface area (Å²) in [6, 6.07) is 8.44. The molecule has 0 N–H and O–H groups in total. The second kappa shape index (κ2) is 3.54. The van der Waals surface area contributed by atoms with Crippen LogP contribution >= 0.6 is 0 Å². The minimum absolute atomic E-state index is 0.0439. The fourth-order valence-electron chi connectivity index (χ4n) is 1.89. The number of hydrogen-bond acceptors (Lipinski definition) is 2. The second-order valence-corrected chi connectivity index (χ2v) is 3.96. The molecule has 1 aliphatic rings. The normalized spacial score (nSPS) is 17.9. The molecule has 2 heteroatoms. The molecule has 0 fully saturated rings. The molecule has 0 spiro atoms. The highest BCUT2D eigenvalue weighted by atomic mass is 16.1. The zero-order valence-electron chi connectivity index (χ0n) is 8.66. The number of hydrogen-bond donors (Lipinski definition) is 0. The summed E-state index contributed by atoms with van der Waals surface area (Å²) in [7, 11) is 0. The molecular weight excluding hydrogens is 174 g/mol. The first-order chi connectivity index (χ1) is 6.68. The molecule has 2 rings (SSSR count). The third-order valence-corrected chi connectivity index (χ3v) is 3.00. The summed E-state index contributed by atoms with van der Waals surface area (Å²) < 4.78 is 0. The van der Waals surface area contributed by atoms with E-state index < -0.39 is 0 Å². The third-order valence-electron chi connectivity index (χ3n) is 3.00. The zero-order chi connectivity index (χ0) is 10.1. The van der Waals surface area contributed by atoms with E-state index >= 15 is 0 Å². The lowest BCUT2D eigenvalue weighted by Crippen LogP contribution is -2.33. The Morgan fingerprint density at radius 1 is 1.29 bits per heavy atom. The van der Waals surface area contributed by atoms with Gasteiger partial charge in [0, 0.05) is 13.1 Å². The highest BCUT2D eigenvalue weighted by Crippen LogP contribution is 2.24. The van der Waals surface area contributed by atoms with Gasteiger partial charge in [-0.15, -0.1) is 0 Å². The van der Waals surface area contributed by atoms with Gasteiger partial charge in [-0.2, -0.15) is 0 Å². The summed E-state index contributed by atoms with van der Waals surface area (Å²) >= 11 is 0. The van der Waals surface area contributed by atoms with Gasteiger partial charge in [0.1, 0.15) is 5.78 Å². The molecule has 0 saturated carbocycles. The summed E-state index contributed by atoms with van der Waals surface area (Å²) in [4.78, 5) is 13.5. The topological polar surface area (TPSA) is 20.3 Å². The Morgan fingerprint density at radius 3 is 2.21 bits per heavy atom. The minimum atomic E-state index is 0.0439. The summed E-state index contributed by atoms with van der Waals surface area (Å²) in [6.07, 6.45) is 0. The van der Waals surface area contributed by atoms with Gasteiger partial charge in [0.25, 0.3) is 0 Å². The van der Waals surface area contributed by atoms with Gasteiger partial charge < -0.3 is 0 Å². The number of nitrogens with zero attached hydrogens (tertiary/aromatic N) is 1. The molecular formula is C12H15NO. The van der Waals surface area contributed by atoms with Crippen molar-refractivity contribution in [3.8, 4) is 0 Å². The molecule has 1 unspecified atom stereocenters. The molecule has 1 aromatic rings. The van der Waals surface area contributed by atoms with Crippen molar-refractivity contribution in [2.75, 3.05) is 0 Å². The van der Waals surface area contributed by atoms with Crippen LogP contribution in [-0.4, -0.2) is 16.7 Å². The van der Waals surface area contributed by atoms with Gasteiger partial charge in [-0.3, -0.25) is 9.69 Å². The van der Waals surface area contributed by atoms with Crippen molar-refractivity contribution >= 4 is 5.78 Å². The summed E-state index contributed by atoms with van der Waals surface area (Å²) in [6.45, 7) is 5.47. The first-order valence-electron chi connectivity index (χ1n) is 5.00. The first-order valence-corrected chi connectivity index (χ1v) is 5.00. The first kappa shape index (κ1) is 9.41. The van der Waals surface area contributed by atoms with Crippen LogP contribution in [0.3, 0.4) is 0 Å². The Balaban J connectivity index is 2.15. The fourth-order valence-corrected chi connectivity index (χ4v) is 1.89. The maximum atomic E-state index is 11.2. The smallest absolute Gasteiger partial charge is 0.146 e. The van der Waals surface area contributed by atoms with Gasteiger partial charge in [-0.1, -0.05) is 24.3 Å².